The number of ether oxygens (including phenoxy) is 1. The molecule has 9 nitrogen and oxygen atoms in total. The quantitative estimate of drug-likeness (QED) is 0.204. The van der Waals surface area contributed by atoms with E-state index in [1.165, 1.54) is 12.4 Å². The summed E-state index contributed by atoms with van der Waals surface area (Å²) in [5, 5.41) is 14.1. The fourth-order valence-electron chi connectivity index (χ4n) is 4.48. The minimum Gasteiger partial charge on any atom is -0.424 e. The molecule has 3 N–H and O–H groups in total. The summed E-state index contributed by atoms with van der Waals surface area (Å²) in [6, 6.07) is 14.9. The van der Waals surface area contributed by atoms with Gasteiger partial charge in [-0.2, -0.15) is 10.2 Å². The molecule has 0 spiro atoms. The van der Waals surface area contributed by atoms with Crippen molar-refractivity contribution in [2.75, 3.05) is 11.1 Å². The molecule has 0 saturated carbocycles. The third kappa shape index (κ3) is 5.18. The molecular weight excluding hydrogens is 561 g/mol. The lowest BCUT2D eigenvalue weighted by Gasteiger charge is -2.13. The highest BCUT2D eigenvalue weighted by Crippen LogP contribution is 2.45. The van der Waals surface area contributed by atoms with Gasteiger partial charge in [-0.3, -0.25) is 4.79 Å². The fourth-order valence-corrected chi connectivity index (χ4v) is 4.85. The van der Waals surface area contributed by atoms with Crippen molar-refractivity contribution < 1.29 is 9.53 Å². The van der Waals surface area contributed by atoms with Gasteiger partial charge in [0.15, 0.2) is 0 Å². The maximum absolute atomic E-state index is 12.1. The van der Waals surface area contributed by atoms with Gasteiger partial charge >= 0.3 is 6.01 Å². The summed E-state index contributed by atoms with van der Waals surface area (Å²) in [6.07, 6.45) is 2.94. The van der Waals surface area contributed by atoms with Gasteiger partial charge in [-0.25, -0.2) is 9.97 Å². The lowest BCUT2D eigenvalue weighted by atomic mass is 9.97. The van der Waals surface area contributed by atoms with Gasteiger partial charge in [0.1, 0.15) is 17.6 Å². The van der Waals surface area contributed by atoms with Gasteiger partial charge in [0, 0.05) is 35.6 Å². The molecule has 11 heteroatoms. The second-order valence-corrected chi connectivity index (χ2v) is 10.1. The molecule has 5 aromatic rings. The van der Waals surface area contributed by atoms with E-state index < -0.39 is 0 Å². The average molecular weight is 584 g/mol. The van der Waals surface area contributed by atoms with Gasteiger partial charge in [-0.1, -0.05) is 41.9 Å². The Morgan fingerprint density at radius 1 is 1.12 bits per heavy atom. The lowest BCUT2D eigenvalue weighted by molar-refractivity contribution is -0.112. The van der Waals surface area contributed by atoms with Crippen LogP contribution in [0.4, 0.5) is 11.5 Å². The number of aromatic nitrogens is 4. The number of hydrogen-bond donors (Lipinski definition) is 2. The Hall–Kier alpha value is -4.91. The van der Waals surface area contributed by atoms with Crippen molar-refractivity contribution >= 4 is 51.5 Å². The summed E-state index contributed by atoms with van der Waals surface area (Å²) < 4.78 is 7.70. The molecule has 0 aliphatic heterocycles. The maximum atomic E-state index is 12.1. The third-order valence-corrected chi connectivity index (χ3v) is 7.16. The van der Waals surface area contributed by atoms with Gasteiger partial charge in [-0.05, 0) is 49.7 Å². The van der Waals surface area contributed by atoms with E-state index in [1.54, 1.807) is 44.2 Å². The molecule has 1 amide bonds. The number of carbonyl (C=O) groups is 1. The molecule has 0 atom stereocenters. The molecule has 0 aliphatic rings. The average Bonchev–Trinajstić information content (AvgIpc) is 3.25. The molecule has 0 saturated heterocycles. The molecule has 0 unspecified atom stereocenters. The molecule has 0 fully saturated rings. The number of rotatable bonds is 6. The fraction of sp³-hybridized carbons (Fsp3) is 0.100. The monoisotopic (exact) mass is 583 g/mol. The van der Waals surface area contributed by atoms with Crippen molar-refractivity contribution in [2.45, 2.75) is 13.8 Å². The van der Waals surface area contributed by atoms with E-state index in [0.29, 0.717) is 60.5 Å². The van der Waals surface area contributed by atoms with Crippen LogP contribution in [-0.4, -0.2) is 25.4 Å². The minimum absolute atomic E-state index is 0.170. The first-order chi connectivity index (χ1) is 19.6. The predicted octanol–water partition coefficient (Wildman–Crippen LogP) is 7.07. The number of nitriles is 1. The number of halogens is 2. The smallest absolute Gasteiger partial charge is 0.322 e. The van der Waals surface area contributed by atoms with E-state index in [-0.39, 0.29) is 17.7 Å². The van der Waals surface area contributed by atoms with Gasteiger partial charge in [0.2, 0.25) is 0 Å². The van der Waals surface area contributed by atoms with Crippen LogP contribution in [0.15, 0.2) is 67.0 Å². The molecule has 5 rings (SSSR count). The van der Waals surface area contributed by atoms with Crippen molar-refractivity contribution in [2.24, 2.45) is 7.05 Å². The molecule has 3 aromatic heterocycles. The Bertz CT molecular complexity index is 1910. The summed E-state index contributed by atoms with van der Waals surface area (Å²) in [6.45, 7) is 7.06. The molecule has 41 heavy (non-hydrogen) atoms. The van der Waals surface area contributed by atoms with Crippen LogP contribution in [0.3, 0.4) is 0 Å². The van der Waals surface area contributed by atoms with Crippen LogP contribution in [0, 0.1) is 18.3 Å². The molecular formula is C30H23Cl2N7O2. The first-order valence-corrected chi connectivity index (χ1v) is 13.1. The first kappa shape index (κ1) is 27.6. The lowest BCUT2D eigenvalue weighted by Crippen LogP contribution is -2.11. The molecule has 0 radical (unpaired) electrons. The maximum Gasteiger partial charge on any atom is 0.322 e. The number of pyridine rings is 1. The number of nitrogens with one attached hydrogen (secondary N) is 1. The van der Waals surface area contributed by atoms with Crippen molar-refractivity contribution in [1.29, 1.82) is 5.26 Å². The first-order valence-electron chi connectivity index (χ1n) is 12.3. The number of nitrogens with zero attached hydrogens (tertiary/aromatic N) is 5. The summed E-state index contributed by atoms with van der Waals surface area (Å²) in [5.41, 5.74) is 11.8. The third-order valence-electron chi connectivity index (χ3n) is 6.48. The molecule has 2 aromatic carbocycles. The number of nitrogens with two attached hydrogens (primary N) is 1. The summed E-state index contributed by atoms with van der Waals surface area (Å²) in [7, 11) is 1.84. The Balaban J connectivity index is 1.66. The van der Waals surface area contributed by atoms with E-state index in [2.05, 4.69) is 32.9 Å². The van der Waals surface area contributed by atoms with E-state index in [1.807, 2.05) is 23.7 Å². The number of anilines is 2. The highest BCUT2D eigenvalue weighted by molar-refractivity contribution is 6.34. The second-order valence-electron chi connectivity index (χ2n) is 9.32. The second kappa shape index (κ2) is 10.9. The van der Waals surface area contributed by atoms with Crippen molar-refractivity contribution in [1.82, 2.24) is 19.5 Å². The van der Waals surface area contributed by atoms with E-state index in [9.17, 15) is 10.1 Å². The zero-order chi connectivity index (χ0) is 29.4. The normalized spacial score (nSPS) is 10.8. The summed E-state index contributed by atoms with van der Waals surface area (Å²) >= 11 is 12.8. The number of hydrogen-bond acceptors (Lipinski definition) is 7. The van der Waals surface area contributed by atoms with Crippen LogP contribution < -0.4 is 15.8 Å². The van der Waals surface area contributed by atoms with Crippen molar-refractivity contribution in [3.63, 3.8) is 0 Å². The Morgan fingerprint density at radius 3 is 2.49 bits per heavy atom. The van der Waals surface area contributed by atoms with Crippen LogP contribution in [0.2, 0.25) is 10.0 Å². The number of nitrogen functional groups attached to an aromatic ring is 1. The van der Waals surface area contributed by atoms with E-state index in [4.69, 9.17) is 33.7 Å². The van der Waals surface area contributed by atoms with E-state index in [0.717, 1.165) is 11.1 Å². The highest BCUT2D eigenvalue weighted by atomic mass is 35.5. The zero-order valence-corrected chi connectivity index (χ0v) is 23.8. The number of carbonyl (C=O) groups excluding carboxylic acids is 1. The topological polar surface area (TPSA) is 132 Å². The van der Waals surface area contributed by atoms with Gasteiger partial charge in [0.05, 0.1) is 44.1 Å². The zero-order valence-electron chi connectivity index (χ0n) is 22.3. The van der Waals surface area contributed by atoms with Crippen molar-refractivity contribution in [3.05, 3.63) is 88.3 Å². The van der Waals surface area contributed by atoms with Gasteiger partial charge < -0.3 is 20.4 Å². The number of amides is 1. The standard InChI is InChI=1S/C30H23Cl2N7O2/c1-15(2)29(40)38-19-7-10-21(22(31)11-19)27-24(25-26(39(27)4)18(12-33)13-35-28(25)34)17-5-8-20(9-6-17)41-30-36-14-23(32)16(3)37-30/h5-11,13-14H,1H2,2-4H3,(H2,34,35)(H,38,40). The van der Waals surface area contributed by atoms with E-state index >= 15 is 0 Å². The van der Waals surface area contributed by atoms with Gasteiger partial charge in [0.25, 0.3) is 5.91 Å². The molecule has 0 bridgehead atoms. The van der Waals surface area contributed by atoms with Gasteiger partial charge in [-0.15, -0.1) is 0 Å². The number of aryl methyl sites for hydroxylation is 2. The number of fused-ring (bicyclic) bond motifs is 1. The molecule has 0 aliphatic carbocycles. The van der Waals surface area contributed by atoms with Crippen molar-refractivity contribution in [3.8, 4) is 40.2 Å². The molecule has 204 valence electrons. The minimum atomic E-state index is -0.307. The Labute approximate surface area is 245 Å². The Kier molecular flexibility index (Phi) is 7.37. The van der Waals surface area contributed by atoms with Crippen LogP contribution >= 0.6 is 23.2 Å². The largest absolute Gasteiger partial charge is 0.424 e. The predicted molar refractivity (Wildman–Crippen MR) is 161 cm³/mol. The number of benzene rings is 2. The van der Waals surface area contributed by atoms with Crippen LogP contribution in [0.1, 0.15) is 18.2 Å². The van der Waals surface area contributed by atoms with Crippen LogP contribution in [0.5, 0.6) is 11.8 Å². The SMILES string of the molecule is C=C(C)C(=O)Nc1ccc(-c2c(-c3ccc(Oc4ncc(Cl)c(C)n4)cc3)c3c(N)ncc(C#N)c3n2C)c(Cl)c1. The molecule has 3 heterocycles. The van der Waals surface area contributed by atoms with Crippen LogP contribution in [-0.2, 0) is 11.8 Å². The summed E-state index contributed by atoms with van der Waals surface area (Å²) in [4.78, 5) is 24.8. The highest BCUT2D eigenvalue weighted by Gasteiger charge is 2.25. The summed E-state index contributed by atoms with van der Waals surface area (Å²) in [5.74, 6) is 0.470. The Morgan fingerprint density at radius 2 is 1.85 bits per heavy atom. The van der Waals surface area contributed by atoms with Crippen LogP contribution in [0.25, 0.3) is 33.3 Å².